The molecule has 1 fully saturated rings. The topological polar surface area (TPSA) is 186 Å². The summed E-state index contributed by atoms with van der Waals surface area (Å²) in [6.45, 7) is -0.701. The first-order chi connectivity index (χ1) is 11.3. The summed E-state index contributed by atoms with van der Waals surface area (Å²) in [4.78, 5) is 20.0. The fraction of sp³-hybridized carbons (Fsp3) is 0.500. The molecule has 1 aliphatic heterocycles. The largest absolute Gasteiger partial charge is 0.455 e. The Morgan fingerprint density at radius 1 is 1.08 bits per heavy atom. The predicted molar refractivity (Wildman–Crippen MR) is 74.1 cm³/mol. The molecular formula is C12H14N2O10. The molecule has 2 rings (SSSR count). The highest BCUT2D eigenvalue weighted by atomic mass is 16.7. The molecule has 0 aromatic heterocycles. The molecule has 0 spiro atoms. The van der Waals surface area contributed by atoms with E-state index in [4.69, 9.17) is 14.6 Å². The van der Waals surface area contributed by atoms with Gasteiger partial charge >= 0.3 is 5.69 Å². The van der Waals surface area contributed by atoms with Crippen LogP contribution in [0.3, 0.4) is 0 Å². The molecule has 12 nitrogen and oxygen atoms in total. The second-order valence-electron chi connectivity index (χ2n) is 4.98. The second-order valence-corrected chi connectivity index (χ2v) is 4.98. The van der Waals surface area contributed by atoms with Gasteiger partial charge in [0, 0.05) is 6.07 Å². The van der Waals surface area contributed by atoms with Gasteiger partial charge in [-0.2, -0.15) is 0 Å². The van der Waals surface area contributed by atoms with Crippen LogP contribution in [-0.2, 0) is 4.74 Å². The molecular weight excluding hydrogens is 332 g/mol. The molecule has 132 valence electrons. The van der Waals surface area contributed by atoms with Crippen molar-refractivity contribution in [2.45, 2.75) is 30.7 Å². The summed E-state index contributed by atoms with van der Waals surface area (Å²) in [6.07, 6.45) is -8.00. The van der Waals surface area contributed by atoms with Crippen molar-refractivity contribution >= 4 is 11.4 Å². The molecule has 5 atom stereocenters. The first-order valence-electron chi connectivity index (χ1n) is 6.66. The molecule has 24 heavy (non-hydrogen) atoms. The summed E-state index contributed by atoms with van der Waals surface area (Å²) in [7, 11) is 0. The number of aliphatic hydroxyl groups is 4. The quantitative estimate of drug-likeness (QED) is 0.368. The van der Waals surface area contributed by atoms with Gasteiger partial charge in [0.2, 0.25) is 12.0 Å². The number of hydrogen-bond donors (Lipinski definition) is 4. The number of rotatable bonds is 5. The fourth-order valence-electron chi connectivity index (χ4n) is 2.15. The zero-order valence-electron chi connectivity index (χ0n) is 12.0. The van der Waals surface area contributed by atoms with E-state index in [1.54, 1.807) is 0 Å². The van der Waals surface area contributed by atoms with Crippen LogP contribution in [-0.4, -0.2) is 67.6 Å². The number of benzene rings is 1. The van der Waals surface area contributed by atoms with Crippen LogP contribution in [0, 0.1) is 20.2 Å². The molecule has 1 aromatic rings. The van der Waals surface area contributed by atoms with Crippen molar-refractivity contribution in [3.05, 3.63) is 38.4 Å². The number of nitro groups is 2. The number of hydrogen-bond acceptors (Lipinski definition) is 10. The molecule has 1 aliphatic rings. The lowest BCUT2D eigenvalue weighted by molar-refractivity contribution is -0.395. The number of ether oxygens (including phenoxy) is 2. The van der Waals surface area contributed by atoms with E-state index in [1.165, 1.54) is 0 Å². The second kappa shape index (κ2) is 7.02. The molecule has 0 amide bonds. The van der Waals surface area contributed by atoms with Crippen LogP contribution in [0.25, 0.3) is 0 Å². The van der Waals surface area contributed by atoms with Crippen molar-refractivity contribution in [3.63, 3.8) is 0 Å². The van der Waals surface area contributed by atoms with E-state index in [0.29, 0.717) is 6.07 Å². The van der Waals surface area contributed by atoms with Gasteiger partial charge in [-0.05, 0) is 6.07 Å². The summed E-state index contributed by atoms with van der Waals surface area (Å²) in [5.74, 6) is -0.449. The standard InChI is InChI=1S/C12H14N2O10/c15-4-8-9(16)10(17)11(18)12(24-8)23-7-2-1-5(13(19)20)3-6(7)14(21)22/h1-3,8-12,15-18H,4H2/t8-,9-,10+,11-,12+/m1/s1. The number of nitro benzene ring substituents is 2. The first-order valence-corrected chi connectivity index (χ1v) is 6.66. The lowest BCUT2D eigenvalue weighted by Crippen LogP contribution is -2.60. The van der Waals surface area contributed by atoms with Crippen LogP contribution in [0.1, 0.15) is 0 Å². The van der Waals surface area contributed by atoms with Gasteiger partial charge in [0.1, 0.15) is 24.4 Å². The summed E-state index contributed by atoms with van der Waals surface area (Å²) in [5.41, 5.74) is -1.29. The van der Waals surface area contributed by atoms with Gasteiger partial charge in [0.15, 0.2) is 0 Å². The third-order valence-electron chi connectivity index (χ3n) is 3.44. The minimum atomic E-state index is -1.77. The van der Waals surface area contributed by atoms with Gasteiger partial charge < -0.3 is 29.9 Å². The molecule has 4 N–H and O–H groups in total. The van der Waals surface area contributed by atoms with Gasteiger partial charge in [-0.3, -0.25) is 20.2 Å². The average Bonchev–Trinajstić information content (AvgIpc) is 2.55. The third-order valence-corrected chi connectivity index (χ3v) is 3.44. The zero-order valence-corrected chi connectivity index (χ0v) is 12.0. The Kier molecular flexibility index (Phi) is 5.26. The van der Waals surface area contributed by atoms with E-state index in [-0.39, 0.29) is 0 Å². The summed E-state index contributed by atoms with van der Waals surface area (Å²) >= 11 is 0. The monoisotopic (exact) mass is 346 g/mol. The highest BCUT2D eigenvalue weighted by Gasteiger charge is 2.45. The average molecular weight is 346 g/mol. The number of non-ortho nitro benzene ring substituents is 1. The molecule has 1 saturated heterocycles. The Labute approximate surface area is 133 Å². The van der Waals surface area contributed by atoms with Crippen molar-refractivity contribution < 1.29 is 39.7 Å². The lowest BCUT2D eigenvalue weighted by atomic mass is 9.99. The molecule has 12 heteroatoms. The van der Waals surface area contributed by atoms with E-state index < -0.39 is 64.3 Å². The first kappa shape index (κ1) is 18.0. The lowest BCUT2D eigenvalue weighted by Gasteiger charge is -2.39. The van der Waals surface area contributed by atoms with E-state index in [1.807, 2.05) is 0 Å². The molecule has 0 aliphatic carbocycles. The Morgan fingerprint density at radius 3 is 2.29 bits per heavy atom. The molecule has 0 unspecified atom stereocenters. The predicted octanol–water partition coefficient (Wildman–Crippen LogP) is -1.32. The van der Waals surface area contributed by atoms with E-state index in [2.05, 4.69) is 0 Å². The maximum atomic E-state index is 11.0. The minimum absolute atomic E-state index is 0.449. The third kappa shape index (κ3) is 3.42. The molecule has 0 radical (unpaired) electrons. The van der Waals surface area contributed by atoms with Crippen LogP contribution < -0.4 is 4.74 Å². The Bertz CT molecular complexity index is 636. The van der Waals surface area contributed by atoms with Gasteiger partial charge in [-0.1, -0.05) is 0 Å². The van der Waals surface area contributed by atoms with Crippen LogP contribution in [0.5, 0.6) is 5.75 Å². The van der Waals surface area contributed by atoms with E-state index in [9.17, 15) is 35.5 Å². The van der Waals surface area contributed by atoms with Gasteiger partial charge in [-0.15, -0.1) is 0 Å². The Hall–Kier alpha value is -2.38. The summed E-state index contributed by atoms with van der Waals surface area (Å²) in [5, 5.41) is 59.9. The van der Waals surface area contributed by atoms with Crippen molar-refractivity contribution in [1.29, 1.82) is 0 Å². The van der Waals surface area contributed by atoms with Crippen LogP contribution in [0.2, 0.25) is 0 Å². The normalized spacial score (nSPS) is 29.9. The van der Waals surface area contributed by atoms with E-state index in [0.717, 1.165) is 12.1 Å². The van der Waals surface area contributed by atoms with Gasteiger partial charge in [-0.25, -0.2) is 0 Å². The maximum Gasteiger partial charge on any atom is 0.317 e. The minimum Gasteiger partial charge on any atom is -0.455 e. The summed E-state index contributed by atoms with van der Waals surface area (Å²) < 4.78 is 10.2. The van der Waals surface area contributed by atoms with Crippen molar-refractivity contribution in [2.75, 3.05) is 6.61 Å². The number of nitrogens with zero attached hydrogens (tertiary/aromatic N) is 2. The van der Waals surface area contributed by atoms with E-state index >= 15 is 0 Å². The smallest absolute Gasteiger partial charge is 0.317 e. The SMILES string of the molecule is O=[N+]([O-])c1ccc(O[C@H]2O[C@H](CO)[C@@H](O)[C@H](O)[C@H]2O)c([N+](=O)[O-])c1. The molecule has 1 heterocycles. The van der Waals surface area contributed by atoms with Crippen molar-refractivity contribution in [1.82, 2.24) is 0 Å². The Morgan fingerprint density at radius 2 is 1.75 bits per heavy atom. The molecule has 0 saturated carbocycles. The number of aliphatic hydroxyl groups excluding tert-OH is 4. The van der Waals surface area contributed by atoms with Crippen LogP contribution in [0.15, 0.2) is 18.2 Å². The highest BCUT2D eigenvalue weighted by molar-refractivity contribution is 5.53. The zero-order chi connectivity index (χ0) is 18.0. The van der Waals surface area contributed by atoms with Crippen molar-refractivity contribution in [2.24, 2.45) is 0 Å². The van der Waals surface area contributed by atoms with Crippen LogP contribution >= 0.6 is 0 Å². The Balaban J connectivity index is 2.29. The summed E-state index contributed by atoms with van der Waals surface area (Å²) in [6, 6.07) is 2.56. The van der Waals surface area contributed by atoms with Gasteiger partial charge in [0.25, 0.3) is 5.69 Å². The highest BCUT2D eigenvalue weighted by Crippen LogP contribution is 2.33. The van der Waals surface area contributed by atoms with Crippen LogP contribution in [0.4, 0.5) is 11.4 Å². The molecule has 1 aromatic carbocycles. The maximum absolute atomic E-state index is 11.0. The van der Waals surface area contributed by atoms with Gasteiger partial charge in [0.05, 0.1) is 22.5 Å². The molecule has 0 bridgehead atoms. The van der Waals surface area contributed by atoms with Crippen molar-refractivity contribution in [3.8, 4) is 5.75 Å². The fourth-order valence-corrected chi connectivity index (χ4v) is 2.15.